The molecule has 0 N–H and O–H groups in total. The van der Waals surface area contributed by atoms with Crippen LogP contribution in [-0.4, -0.2) is 49.4 Å². The first-order valence-electron chi connectivity index (χ1n) is 7.16. The van der Waals surface area contributed by atoms with E-state index in [-0.39, 0.29) is 4.90 Å². The zero-order valence-electron chi connectivity index (χ0n) is 12.8. The quantitative estimate of drug-likeness (QED) is 0.794. The van der Waals surface area contributed by atoms with Crippen LogP contribution in [0.3, 0.4) is 0 Å². The molecule has 1 saturated heterocycles. The molecule has 1 aliphatic rings. The summed E-state index contributed by atoms with van der Waals surface area (Å²) in [6.45, 7) is 4.97. The second-order valence-corrected chi connectivity index (χ2v) is 8.50. The number of sulfonamides is 1. The molecule has 21 heavy (non-hydrogen) atoms. The van der Waals surface area contributed by atoms with Crippen LogP contribution < -0.4 is 0 Å². The molecule has 118 valence electrons. The van der Waals surface area contributed by atoms with Crippen LogP contribution in [0, 0.1) is 10.6 Å². The summed E-state index contributed by atoms with van der Waals surface area (Å²) in [6.07, 6.45) is 4.10. The van der Waals surface area contributed by atoms with Crippen LogP contribution in [0.1, 0.15) is 19.8 Å². The van der Waals surface area contributed by atoms with Gasteiger partial charge in [0.25, 0.3) is 0 Å². The highest BCUT2D eigenvalue weighted by molar-refractivity contribution is 7.89. The van der Waals surface area contributed by atoms with E-state index in [1.54, 1.807) is 18.3 Å². The molecule has 1 atom stereocenters. The molecule has 0 amide bonds. The monoisotopic (exact) mass is 329 g/mol. The van der Waals surface area contributed by atoms with Crippen molar-refractivity contribution in [2.75, 3.05) is 27.2 Å². The van der Waals surface area contributed by atoms with E-state index in [1.807, 2.05) is 4.57 Å². The minimum absolute atomic E-state index is 0.283. The molecule has 0 saturated carbocycles. The molecule has 1 aromatic heterocycles. The zero-order chi connectivity index (χ0) is 15.6. The molecule has 1 fully saturated rings. The first kappa shape index (κ1) is 16.6. The van der Waals surface area contributed by atoms with E-state index in [2.05, 4.69) is 11.8 Å². The van der Waals surface area contributed by atoms with Crippen molar-refractivity contribution in [1.82, 2.24) is 13.8 Å². The smallest absolute Gasteiger partial charge is 0.244 e. The third-order valence-electron chi connectivity index (χ3n) is 3.83. The van der Waals surface area contributed by atoms with Crippen LogP contribution in [-0.2, 0) is 16.7 Å². The fraction of sp³-hybridized carbons (Fsp3) is 0.643. The number of aromatic nitrogens is 1. The molecule has 1 aromatic rings. The molecule has 0 spiro atoms. The van der Waals surface area contributed by atoms with Gasteiger partial charge in [-0.3, -0.25) is 4.90 Å². The molecule has 7 heteroatoms. The Kier molecular flexibility index (Phi) is 5.19. The summed E-state index contributed by atoms with van der Waals surface area (Å²) >= 11 is 5.33. The zero-order valence-corrected chi connectivity index (χ0v) is 14.5. The topological polar surface area (TPSA) is 45.6 Å². The molecule has 1 aliphatic heterocycles. The lowest BCUT2D eigenvalue weighted by Gasteiger charge is -2.31. The van der Waals surface area contributed by atoms with E-state index in [1.165, 1.54) is 31.2 Å². The highest BCUT2D eigenvalue weighted by Gasteiger charge is 2.19. The van der Waals surface area contributed by atoms with Gasteiger partial charge in [0.1, 0.15) is 4.64 Å². The first-order chi connectivity index (χ1) is 9.80. The van der Waals surface area contributed by atoms with Gasteiger partial charge in [0.2, 0.25) is 10.0 Å². The third kappa shape index (κ3) is 3.91. The maximum absolute atomic E-state index is 12.2. The summed E-state index contributed by atoms with van der Waals surface area (Å²) in [7, 11) is -0.349. The maximum Gasteiger partial charge on any atom is 0.244 e. The standard InChI is InChI=1S/C14H23N3O2S2/c1-12-5-4-8-16(9-12)11-17-10-13(6-7-14(17)20)21(18,19)15(2)3/h6-7,10,12H,4-5,8-9,11H2,1-3H3. The Morgan fingerprint density at radius 3 is 2.71 bits per heavy atom. The number of nitrogens with zero attached hydrogens (tertiary/aromatic N) is 3. The number of likely N-dealkylation sites (tertiary alicyclic amines) is 1. The summed E-state index contributed by atoms with van der Waals surface area (Å²) < 4.78 is 28.1. The fourth-order valence-electron chi connectivity index (χ4n) is 2.61. The van der Waals surface area contributed by atoms with Gasteiger partial charge in [0.15, 0.2) is 0 Å². The van der Waals surface area contributed by atoms with Crippen molar-refractivity contribution < 1.29 is 8.42 Å². The van der Waals surface area contributed by atoms with Crippen LogP contribution in [0.25, 0.3) is 0 Å². The van der Waals surface area contributed by atoms with Crippen molar-refractivity contribution in [1.29, 1.82) is 0 Å². The van der Waals surface area contributed by atoms with Crippen molar-refractivity contribution in [3.63, 3.8) is 0 Å². The summed E-state index contributed by atoms with van der Waals surface area (Å²) in [5.41, 5.74) is 0. The molecule has 0 aromatic carbocycles. The summed E-state index contributed by atoms with van der Waals surface area (Å²) in [4.78, 5) is 2.61. The van der Waals surface area contributed by atoms with Gasteiger partial charge in [-0.05, 0) is 37.4 Å². The predicted octanol–water partition coefficient (Wildman–Crippen LogP) is 2.16. The normalized spacial score (nSPS) is 20.9. The van der Waals surface area contributed by atoms with Crippen molar-refractivity contribution in [3.8, 4) is 0 Å². The molecular weight excluding hydrogens is 306 g/mol. The Morgan fingerprint density at radius 2 is 2.10 bits per heavy atom. The van der Waals surface area contributed by atoms with E-state index >= 15 is 0 Å². The lowest BCUT2D eigenvalue weighted by atomic mass is 10.0. The van der Waals surface area contributed by atoms with Crippen LogP contribution >= 0.6 is 12.2 Å². The minimum Gasteiger partial charge on any atom is -0.324 e. The number of hydrogen-bond acceptors (Lipinski definition) is 4. The number of pyridine rings is 1. The fourth-order valence-corrected chi connectivity index (χ4v) is 3.71. The number of rotatable bonds is 4. The van der Waals surface area contributed by atoms with Crippen molar-refractivity contribution in [3.05, 3.63) is 23.0 Å². The third-order valence-corrected chi connectivity index (χ3v) is 6.00. The van der Waals surface area contributed by atoms with Gasteiger partial charge in [0.05, 0.1) is 11.6 Å². The van der Waals surface area contributed by atoms with E-state index in [4.69, 9.17) is 12.2 Å². The lowest BCUT2D eigenvalue weighted by molar-refractivity contribution is 0.144. The molecule has 0 aliphatic carbocycles. The van der Waals surface area contributed by atoms with E-state index < -0.39 is 10.0 Å². The van der Waals surface area contributed by atoms with Crippen molar-refractivity contribution >= 4 is 22.2 Å². The van der Waals surface area contributed by atoms with Crippen LogP contribution in [0.5, 0.6) is 0 Å². The maximum atomic E-state index is 12.2. The Bertz CT molecular complexity index is 652. The average Bonchev–Trinajstić information content (AvgIpc) is 2.41. The number of hydrogen-bond donors (Lipinski definition) is 0. The van der Waals surface area contributed by atoms with Crippen molar-refractivity contribution in [2.45, 2.75) is 31.3 Å². The van der Waals surface area contributed by atoms with Crippen LogP contribution in [0.2, 0.25) is 0 Å². The van der Waals surface area contributed by atoms with Gasteiger partial charge in [-0.1, -0.05) is 19.1 Å². The first-order valence-corrected chi connectivity index (χ1v) is 9.01. The van der Waals surface area contributed by atoms with E-state index in [0.717, 1.165) is 13.1 Å². The predicted molar refractivity (Wildman–Crippen MR) is 86.1 cm³/mol. The minimum atomic E-state index is -3.42. The van der Waals surface area contributed by atoms with E-state index in [9.17, 15) is 8.42 Å². The molecule has 0 radical (unpaired) electrons. The summed E-state index contributed by atoms with van der Waals surface area (Å²) in [5, 5.41) is 0. The second-order valence-electron chi connectivity index (χ2n) is 5.93. The Labute approximate surface area is 132 Å². The molecule has 1 unspecified atom stereocenters. The average molecular weight is 329 g/mol. The van der Waals surface area contributed by atoms with Gasteiger partial charge in [-0.2, -0.15) is 0 Å². The van der Waals surface area contributed by atoms with E-state index in [0.29, 0.717) is 17.2 Å². The number of piperidine rings is 1. The van der Waals surface area contributed by atoms with Gasteiger partial charge >= 0.3 is 0 Å². The van der Waals surface area contributed by atoms with Gasteiger partial charge < -0.3 is 4.57 Å². The van der Waals surface area contributed by atoms with Crippen molar-refractivity contribution in [2.24, 2.45) is 5.92 Å². The molecule has 0 bridgehead atoms. The SMILES string of the molecule is CC1CCCN(Cn2cc(S(=O)(=O)N(C)C)ccc2=S)C1. The largest absolute Gasteiger partial charge is 0.324 e. The van der Waals surface area contributed by atoms with Crippen LogP contribution in [0.4, 0.5) is 0 Å². The Balaban J connectivity index is 2.26. The van der Waals surface area contributed by atoms with Crippen LogP contribution in [0.15, 0.2) is 23.2 Å². The Hall–Kier alpha value is -0.760. The molecular formula is C14H23N3O2S2. The summed E-state index contributed by atoms with van der Waals surface area (Å²) in [5.74, 6) is 0.682. The molecule has 2 heterocycles. The highest BCUT2D eigenvalue weighted by atomic mass is 32.2. The van der Waals surface area contributed by atoms with Gasteiger partial charge in [0, 0.05) is 26.8 Å². The Morgan fingerprint density at radius 1 is 1.38 bits per heavy atom. The second kappa shape index (κ2) is 6.56. The van der Waals surface area contributed by atoms with Gasteiger partial charge in [-0.15, -0.1) is 0 Å². The summed E-state index contributed by atoms with van der Waals surface area (Å²) in [6, 6.07) is 3.27. The van der Waals surface area contributed by atoms with Gasteiger partial charge in [-0.25, -0.2) is 12.7 Å². The molecule has 2 rings (SSSR count). The highest BCUT2D eigenvalue weighted by Crippen LogP contribution is 2.18. The lowest BCUT2D eigenvalue weighted by Crippen LogP contribution is -2.36. The molecule has 5 nitrogen and oxygen atoms in total.